The molecule has 0 aromatic rings. The predicted octanol–water partition coefficient (Wildman–Crippen LogP) is 0.412. The molecule has 110 valence electrons. The molecule has 0 saturated heterocycles. The minimum absolute atomic E-state index is 0.304. The lowest BCUT2D eigenvalue weighted by Crippen LogP contribution is -2.46. The summed E-state index contributed by atoms with van der Waals surface area (Å²) < 4.78 is 14.5. The van der Waals surface area contributed by atoms with E-state index in [1.165, 1.54) is 27.4 Å². The van der Waals surface area contributed by atoms with Gasteiger partial charge in [-0.1, -0.05) is 6.08 Å². The molecule has 0 bridgehead atoms. The van der Waals surface area contributed by atoms with Crippen molar-refractivity contribution in [1.82, 2.24) is 10.6 Å². The van der Waals surface area contributed by atoms with Crippen molar-refractivity contribution >= 4 is 12.0 Å². The van der Waals surface area contributed by atoms with Crippen LogP contribution in [0.2, 0.25) is 0 Å². The van der Waals surface area contributed by atoms with Crippen LogP contribution in [-0.4, -0.2) is 52.2 Å². The molecule has 1 atom stereocenters. The summed E-state index contributed by atoms with van der Waals surface area (Å²) >= 11 is 0. The number of esters is 1. The Morgan fingerprint density at radius 2 is 1.89 bits per heavy atom. The summed E-state index contributed by atoms with van der Waals surface area (Å²) in [5, 5.41) is 5.10. The molecule has 0 rings (SSSR count). The molecule has 0 aliphatic heterocycles. The fourth-order valence-electron chi connectivity index (χ4n) is 1.37. The van der Waals surface area contributed by atoms with Crippen molar-refractivity contribution in [2.75, 3.05) is 27.9 Å². The molecule has 2 amide bonds. The lowest BCUT2D eigenvalue weighted by atomic mass is 10.2. The van der Waals surface area contributed by atoms with Crippen LogP contribution in [0.4, 0.5) is 4.79 Å². The highest BCUT2D eigenvalue weighted by molar-refractivity contribution is 5.83. The number of methoxy groups -OCH3 is 3. The van der Waals surface area contributed by atoms with Crippen LogP contribution in [0.15, 0.2) is 12.7 Å². The molecule has 0 aromatic carbocycles. The molecule has 0 saturated carbocycles. The minimum Gasteiger partial charge on any atom is -0.467 e. The van der Waals surface area contributed by atoms with Crippen LogP contribution in [0.5, 0.6) is 0 Å². The predicted molar refractivity (Wildman–Crippen MR) is 69.6 cm³/mol. The van der Waals surface area contributed by atoms with Gasteiger partial charge in [0.15, 0.2) is 6.29 Å². The van der Waals surface area contributed by atoms with E-state index >= 15 is 0 Å². The Balaban J connectivity index is 4.06. The molecule has 0 aliphatic carbocycles. The largest absolute Gasteiger partial charge is 0.467 e. The summed E-state index contributed by atoms with van der Waals surface area (Å²) in [6, 6.07) is -1.19. The van der Waals surface area contributed by atoms with E-state index in [2.05, 4.69) is 21.9 Å². The van der Waals surface area contributed by atoms with Gasteiger partial charge in [-0.05, 0) is 6.42 Å². The first-order valence-electron chi connectivity index (χ1n) is 5.87. The number of hydrogen-bond donors (Lipinski definition) is 2. The maximum absolute atomic E-state index is 11.6. The molecule has 7 nitrogen and oxygen atoms in total. The van der Waals surface area contributed by atoms with E-state index in [4.69, 9.17) is 9.47 Å². The van der Waals surface area contributed by atoms with Gasteiger partial charge in [0, 0.05) is 27.2 Å². The van der Waals surface area contributed by atoms with E-state index in [9.17, 15) is 9.59 Å². The second-order valence-electron chi connectivity index (χ2n) is 3.69. The van der Waals surface area contributed by atoms with Crippen molar-refractivity contribution in [1.29, 1.82) is 0 Å². The molecule has 0 heterocycles. The Kier molecular flexibility index (Phi) is 9.46. The number of urea groups is 1. The van der Waals surface area contributed by atoms with Crippen LogP contribution >= 0.6 is 0 Å². The summed E-state index contributed by atoms with van der Waals surface area (Å²) in [6.45, 7) is 3.88. The fraction of sp³-hybridized carbons (Fsp3) is 0.667. The van der Waals surface area contributed by atoms with Crippen LogP contribution < -0.4 is 10.6 Å². The van der Waals surface area contributed by atoms with Crippen molar-refractivity contribution in [3.05, 3.63) is 12.7 Å². The third-order valence-electron chi connectivity index (χ3n) is 2.38. The van der Waals surface area contributed by atoms with Crippen LogP contribution in [-0.2, 0) is 19.0 Å². The van der Waals surface area contributed by atoms with E-state index in [-0.39, 0.29) is 6.29 Å². The Morgan fingerprint density at radius 1 is 1.26 bits per heavy atom. The third kappa shape index (κ3) is 7.43. The average Bonchev–Trinajstić information content (AvgIpc) is 2.42. The fourth-order valence-corrected chi connectivity index (χ4v) is 1.37. The molecule has 0 radical (unpaired) electrons. The number of amides is 2. The van der Waals surface area contributed by atoms with Crippen molar-refractivity contribution < 1.29 is 23.8 Å². The molecule has 0 spiro atoms. The Labute approximate surface area is 113 Å². The van der Waals surface area contributed by atoms with Gasteiger partial charge in [-0.2, -0.15) is 0 Å². The molecule has 2 N–H and O–H groups in total. The SMILES string of the molecule is C=CCC(NC(=O)NCCC(OC)OC)C(=O)OC. The summed E-state index contributed by atoms with van der Waals surface area (Å²) in [5.74, 6) is -0.512. The van der Waals surface area contributed by atoms with E-state index in [1.807, 2.05) is 0 Å². The average molecular weight is 274 g/mol. The number of carbonyl (C=O) groups excluding carboxylic acids is 2. The maximum Gasteiger partial charge on any atom is 0.328 e. The zero-order chi connectivity index (χ0) is 14.7. The number of rotatable bonds is 9. The van der Waals surface area contributed by atoms with Crippen molar-refractivity contribution in [2.45, 2.75) is 25.2 Å². The van der Waals surface area contributed by atoms with E-state index in [0.717, 1.165) is 0 Å². The summed E-state index contributed by atoms with van der Waals surface area (Å²) in [5.41, 5.74) is 0. The van der Waals surface area contributed by atoms with Crippen molar-refractivity contribution in [3.63, 3.8) is 0 Å². The van der Waals surface area contributed by atoms with Gasteiger partial charge in [-0.3, -0.25) is 0 Å². The van der Waals surface area contributed by atoms with Crippen LogP contribution in [0, 0.1) is 0 Å². The molecule has 19 heavy (non-hydrogen) atoms. The number of carbonyl (C=O) groups is 2. The van der Waals surface area contributed by atoms with Gasteiger partial charge < -0.3 is 24.8 Å². The Bertz CT molecular complexity index is 292. The minimum atomic E-state index is -0.733. The van der Waals surface area contributed by atoms with Gasteiger partial charge in [-0.15, -0.1) is 6.58 Å². The second-order valence-corrected chi connectivity index (χ2v) is 3.69. The van der Waals surface area contributed by atoms with E-state index < -0.39 is 18.0 Å². The summed E-state index contributed by atoms with van der Waals surface area (Å²) in [6.07, 6.45) is 1.97. The number of nitrogens with one attached hydrogen (secondary N) is 2. The maximum atomic E-state index is 11.6. The van der Waals surface area contributed by atoms with Gasteiger partial charge in [0.25, 0.3) is 0 Å². The Morgan fingerprint density at radius 3 is 2.37 bits per heavy atom. The first kappa shape index (κ1) is 17.4. The van der Waals surface area contributed by atoms with Gasteiger partial charge in [-0.25, -0.2) is 9.59 Å². The summed E-state index contributed by atoms with van der Waals surface area (Å²) in [4.78, 5) is 22.9. The van der Waals surface area contributed by atoms with E-state index in [1.54, 1.807) is 0 Å². The van der Waals surface area contributed by atoms with Gasteiger partial charge in [0.2, 0.25) is 0 Å². The highest BCUT2D eigenvalue weighted by atomic mass is 16.7. The molecular formula is C12H22N2O5. The zero-order valence-electron chi connectivity index (χ0n) is 11.6. The van der Waals surface area contributed by atoms with Gasteiger partial charge >= 0.3 is 12.0 Å². The first-order chi connectivity index (χ1) is 9.08. The zero-order valence-corrected chi connectivity index (χ0v) is 11.6. The lowest BCUT2D eigenvalue weighted by molar-refractivity contribution is -0.142. The smallest absolute Gasteiger partial charge is 0.328 e. The quantitative estimate of drug-likeness (QED) is 0.361. The monoisotopic (exact) mass is 274 g/mol. The third-order valence-corrected chi connectivity index (χ3v) is 2.38. The topological polar surface area (TPSA) is 85.9 Å². The number of ether oxygens (including phenoxy) is 3. The highest BCUT2D eigenvalue weighted by Crippen LogP contribution is 1.97. The van der Waals surface area contributed by atoms with Crippen LogP contribution in [0.3, 0.4) is 0 Å². The van der Waals surface area contributed by atoms with E-state index in [0.29, 0.717) is 19.4 Å². The van der Waals surface area contributed by atoms with Crippen molar-refractivity contribution in [3.8, 4) is 0 Å². The Hall–Kier alpha value is -1.60. The van der Waals surface area contributed by atoms with Crippen molar-refractivity contribution in [2.24, 2.45) is 0 Å². The second kappa shape index (κ2) is 10.3. The molecule has 0 fully saturated rings. The summed E-state index contributed by atoms with van der Waals surface area (Å²) in [7, 11) is 4.30. The lowest BCUT2D eigenvalue weighted by Gasteiger charge is -2.16. The molecule has 1 unspecified atom stereocenters. The molecule has 0 aromatic heterocycles. The first-order valence-corrected chi connectivity index (χ1v) is 5.87. The molecule has 7 heteroatoms. The highest BCUT2D eigenvalue weighted by Gasteiger charge is 2.19. The number of hydrogen-bond acceptors (Lipinski definition) is 5. The van der Waals surface area contributed by atoms with Gasteiger partial charge in [0.05, 0.1) is 7.11 Å². The van der Waals surface area contributed by atoms with Gasteiger partial charge in [0.1, 0.15) is 6.04 Å². The standard InChI is InChI=1S/C12H22N2O5/c1-5-6-9(11(15)19-4)14-12(16)13-8-7-10(17-2)18-3/h5,9-10H,1,6-8H2,2-4H3,(H2,13,14,16). The van der Waals surface area contributed by atoms with Crippen LogP contribution in [0.25, 0.3) is 0 Å². The molecular weight excluding hydrogens is 252 g/mol. The molecule has 0 aliphatic rings. The van der Waals surface area contributed by atoms with Crippen LogP contribution in [0.1, 0.15) is 12.8 Å². The normalized spacial score (nSPS) is 11.8.